The molecule has 0 aliphatic heterocycles. The Balaban J connectivity index is 1.90. The number of ether oxygens (including phenoxy) is 1. The molecule has 5 nitrogen and oxygen atoms in total. The number of carbonyl (C=O) groups excluding carboxylic acids is 2. The van der Waals surface area contributed by atoms with Crippen molar-refractivity contribution in [1.29, 1.82) is 0 Å². The molecule has 27 heavy (non-hydrogen) atoms. The highest BCUT2D eigenvalue weighted by molar-refractivity contribution is 5.91. The monoisotopic (exact) mass is 386 g/mol. The van der Waals surface area contributed by atoms with Crippen molar-refractivity contribution in [2.24, 2.45) is 0 Å². The number of halogens is 3. The first-order valence-electron chi connectivity index (χ1n) is 9.16. The van der Waals surface area contributed by atoms with Gasteiger partial charge in [-0.3, -0.25) is 9.59 Å². The largest absolute Gasteiger partial charge is 0.471 e. The van der Waals surface area contributed by atoms with Crippen LogP contribution in [0.5, 0.6) is 0 Å². The fourth-order valence-electron chi connectivity index (χ4n) is 3.10. The summed E-state index contributed by atoms with van der Waals surface area (Å²) in [6.45, 7) is 1.18. The van der Waals surface area contributed by atoms with Gasteiger partial charge in [0.05, 0.1) is 6.10 Å². The third-order valence-corrected chi connectivity index (χ3v) is 4.50. The van der Waals surface area contributed by atoms with E-state index < -0.39 is 12.1 Å². The molecule has 0 spiro atoms. The second kappa shape index (κ2) is 9.73. The molecule has 0 radical (unpaired) electrons. The average Bonchev–Trinajstić information content (AvgIpc) is 2.64. The maximum atomic E-state index is 12.6. The molecule has 0 bridgehead atoms. The van der Waals surface area contributed by atoms with Crippen molar-refractivity contribution >= 4 is 17.5 Å². The quantitative estimate of drug-likeness (QED) is 0.774. The minimum Gasteiger partial charge on any atom is -0.368 e. The highest BCUT2D eigenvalue weighted by Gasteiger charge is 2.41. The van der Waals surface area contributed by atoms with Crippen molar-refractivity contribution in [3.63, 3.8) is 0 Å². The number of amides is 2. The molecule has 2 amide bonds. The normalized spacial score (nSPS) is 15.4. The summed E-state index contributed by atoms with van der Waals surface area (Å²) < 4.78 is 43.5. The van der Waals surface area contributed by atoms with Crippen LogP contribution < -0.4 is 5.32 Å². The van der Waals surface area contributed by atoms with Crippen LogP contribution in [0.25, 0.3) is 0 Å². The molecule has 0 heterocycles. The van der Waals surface area contributed by atoms with Gasteiger partial charge >= 0.3 is 12.1 Å². The lowest BCUT2D eigenvalue weighted by atomic mass is 9.98. The molecule has 1 aliphatic carbocycles. The van der Waals surface area contributed by atoms with Crippen molar-refractivity contribution in [2.75, 3.05) is 18.5 Å². The van der Waals surface area contributed by atoms with Gasteiger partial charge in [0.15, 0.2) is 0 Å². The lowest BCUT2D eigenvalue weighted by molar-refractivity contribution is -0.185. The van der Waals surface area contributed by atoms with Gasteiger partial charge in [-0.2, -0.15) is 13.2 Å². The molecule has 0 unspecified atom stereocenters. The summed E-state index contributed by atoms with van der Waals surface area (Å²) in [5, 5.41) is 2.68. The predicted molar refractivity (Wildman–Crippen MR) is 95.0 cm³/mol. The van der Waals surface area contributed by atoms with Crippen LogP contribution >= 0.6 is 0 Å². The number of hydrogen-bond donors (Lipinski definition) is 1. The maximum Gasteiger partial charge on any atom is 0.471 e. The van der Waals surface area contributed by atoms with Crippen molar-refractivity contribution < 1.29 is 27.5 Å². The molecule has 2 rings (SSSR count). The average molecular weight is 386 g/mol. The van der Waals surface area contributed by atoms with Gasteiger partial charge in [-0.1, -0.05) is 31.4 Å². The molecule has 1 aliphatic rings. The van der Waals surface area contributed by atoms with E-state index in [-0.39, 0.29) is 31.7 Å². The topological polar surface area (TPSA) is 58.6 Å². The van der Waals surface area contributed by atoms with Crippen LogP contribution in [-0.4, -0.2) is 42.1 Å². The molecule has 8 heteroatoms. The van der Waals surface area contributed by atoms with Crippen molar-refractivity contribution in [3.8, 4) is 0 Å². The molecule has 1 aromatic carbocycles. The fraction of sp³-hybridized carbons (Fsp3) is 0.579. The van der Waals surface area contributed by atoms with E-state index in [1.165, 1.54) is 13.3 Å². The van der Waals surface area contributed by atoms with Crippen LogP contribution in [-0.2, 0) is 20.9 Å². The summed E-state index contributed by atoms with van der Waals surface area (Å²) in [6, 6.07) is 6.44. The Labute approximate surface area is 156 Å². The van der Waals surface area contributed by atoms with Gasteiger partial charge in [0, 0.05) is 18.8 Å². The van der Waals surface area contributed by atoms with E-state index >= 15 is 0 Å². The Kier molecular flexibility index (Phi) is 7.65. The van der Waals surface area contributed by atoms with E-state index in [9.17, 15) is 22.8 Å². The van der Waals surface area contributed by atoms with Gasteiger partial charge in [-0.05, 0) is 37.5 Å². The van der Waals surface area contributed by atoms with E-state index in [0.717, 1.165) is 25.7 Å². The molecule has 1 N–H and O–H groups in total. The highest BCUT2D eigenvalue weighted by atomic mass is 19.4. The van der Waals surface area contributed by atoms with Gasteiger partial charge in [0.25, 0.3) is 0 Å². The number of nitrogens with zero attached hydrogens (tertiary/aromatic N) is 1. The molecule has 1 aromatic rings. The molecule has 1 saturated carbocycles. The highest BCUT2D eigenvalue weighted by Crippen LogP contribution is 2.22. The van der Waals surface area contributed by atoms with Crippen molar-refractivity contribution in [3.05, 3.63) is 29.8 Å². The first-order chi connectivity index (χ1) is 12.8. The summed E-state index contributed by atoms with van der Waals surface area (Å²) in [4.78, 5) is 24.2. The predicted octanol–water partition coefficient (Wildman–Crippen LogP) is 3.89. The van der Waals surface area contributed by atoms with E-state index in [2.05, 4.69) is 5.32 Å². The molecule has 0 atom stereocenters. The van der Waals surface area contributed by atoms with Crippen LogP contribution in [0.15, 0.2) is 24.3 Å². The zero-order valence-electron chi connectivity index (χ0n) is 15.3. The molecular formula is C19H25F3N2O3. The Morgan fingerprint density at radius 3 is 2.56 bits per heavy atom. The van der Waals surface area contributed by atoms with E-state index in [0.29, 0.717) is 16.2 Å². The first kappa shape index (κ1) is 21.2. The third kappa shape index (κ3) is 6.86. The van der Waals surface area contributed by atoms with Crippen LogP contribution in [0, 0.1) is 0 Å². The number of nitrogens with one attached hydrogen (secondary N) is 1. The number of hydrogen-bond acceptors (Lipinski definition) is 3. The van der Waals surface area contributed by atoms with Crippen molar-refractivity contribution in [2.45, 2.75) is 57.9 Å². The lowest BCUT2D eigenvalue weighted by Gasteiger charge is -2.22. The van der Waals surface area contributed by atoms with Gasteiger partial charge in [0.2, 0.25) is 5.91 Å². The van der Waals surface area contributed by atoms with Crippen LogP contribution in [0.1, 0.15) is 44.6 Å². The minimum atomic E-state index is -4.90. The summed E-state index contributed by atoms with van der Waals surface area (Å²) in [5.41, 5.74) is 0.959. The van der Waals surface area contributed by atoms with E-state index in [4.69, 9.17) is 4.74 Å². The second-order valence-electron chi connectivity index (χ2n) is 6.64. The molecule has 1 fully saturated rings. The third-order valence-electron chi connectivity index (χ3n) is 4.50. The van der Waals surface area contributed by atoms with Gasteiger partial charge in [-0.25, -0.2) is 0 Å². The summed E-state index contributed by atoms with van der Waals surface area (Å²) in [7, 11) is 0. The SMILES string of the molecule is CCN(Cc1cccc(NC(=O)COC2CCCCC2)c1)C(=O)C(F)(F)F. The Hall–Kier alpha value is -2.09. The lowest BCUT2D eigenvalue weighted by Crippen LogP contribution is -2.40. The van der Waals surface area contributed by atoms with Gasteiger partial charge in [0.1, 0.15) is 6.61 Å². The fourth-order valence-corrected chi connectivity index (χ4v) is 3.10. The standard InChI is InChI=1S/C19H25F3N2O3/c1-2-24(18(26)19(20,21)22)12-14-7-6-8-15(11-14)23-17(25)13-27-16-9-4-3-5-10-16/h6-8,11,16H,2-5,9-10,12-13H2,1H3,(H,23,25). The molecular weight excluding hydrogens is 361 g/mol. The molecule has 150 valence electrons. The molecule has 0 aromatic heterocycles. The number of anilines is 1. The molecule has 0 saturated heterocycles. The van der Waals surface area contributed by atoms with Crippen LogP contribution in [0.4, 0.5) is 18.9 Å². The number of rotatable bonds is 7. The van der Waals surface area contributed by atoms with Gasteiger partial charge in [-0.15, -0.1) is 0 Å². The Bertz CT molecular complexity index is 643. The van der Waals surface area contributed by atoms with E-state index in [1.54, 1.807) is 24.3 Å². The number of carbonyl (C=O) groups is 2. The first-order valence-corrected chi connectivity index (χ1v) is 9.16. The summed E-state index contributed by atoms with van der Waals surface area (Å²) >= 11 is 0. The Morgan fingerprint density at radius 2 is 1.93 bits per heavy atom. The van der Waals surface area contributed by atoms with Gasteiger partial charge < -0.3 is 15.0 Å². The Morgan fingerprint density at radius 1 is 1.22 bits per heavy atom. The second-order valence-corrected chi connectivity index (χ2v) is 6.64. The zero-order chi connectivity index (χ0) is 19.9. The van der Waals surface area contributed by atoms with Crippen LogP contribution in [0.3, 0.4) is 0 Å². The van der Waals surface area contributed by atoms with Crippen molar-refractivity contribution in [1.82, 2.24) is 4.90 Å². The van der Waals surface area contributed by atoms with E-state index in [1.807, 2.05) is 0 Å². The smallest absolute Gasteiger partial charge is 0.368 e. The van der Waals surface area contributed by atoms with Crippen LogP contribution in [0.2, 0.25) is 0 Å². The minimum absolute atomic E-state index is 0.0530. The maximum absolute atomic E-state index is 12.6. The summed E-state index contributed by atoms with van der Waals surface area (Å²) in [5.74, 6) is -2.18. The summed E-state index contributed by atoms with van der Waals surface area (Å²) in [6.07, 6.45) is 0.550. The number of benzene rings is 1. The number of alkyl halides is 3. The zero-order valence-corrected chi connectivity index (χ0v) is 15.3.